The normalized spacial score (nSPS) is 28.4. The monoisotopic (exact) mass is 438 g/mol. The summed E-state index contributed by atoms with van der Waals surface area (Å²) in [7, 11) is 3.93. The highest BCUT2D eigenvalue weighted by molar-refractivity contribution is 5.83. The van der Waals surface area contributed by atoms with E-state index in [0.717, 1.165) is 5.56 Å². The number of hydrogen-bond acceptors (Lipinski definition) is 9. The third-order valence-electron chi connectivity index (χ3n) is 5.70. The number of aliphatic hydroxyl groups is 1. The van der Waals surface area contributed by atoms with Gasteiger partial charge >= 0.3 is 0 Å². The first-order valence-corrected chi connectivity index (χ1v) is 10.6. The number of benzene rings is 1. The fourth-order valence-electron chi connectivity index (χ4n) is 4.03. The van der Waals surface area contributed by atoms with Crippen molar-refractivity contribution in [3.05, 3.63) is 48.5 Å². The predicted octanol–water partition coefficient (Wildman–Crippen LogP) is 1.51. The maximum atomic E-state index is 11.2. The van der Waals surface area contributed by atoms with Crippen LogP contribution in [0, 0.1) is 0 Å². The van der Waals surface area contributed by atoms with E-state index >= 15 is 0 Å². The molecule has 1 N–H and O–H groups in total. The van der Waals surface area contributed by atoms with Crippen molar-refractivity contribution < 1.29 is 19.3 Å². The van der Waals surface area contributed by atoms with Gasteiger partial charge in [-0.15, -0.1) is 0 Å². The van der Waals surface area contributed by atoms with E-state index in [0.29, 0.717) is 36.7 Å². The molecule has 0 amide bonds. The van der Waals surface area contributed by atoms with Gasteiger partial charge in [0.1, 0.15) is 24.6 Å². The highest BCUT2D eigenvalue weighted by atomic mass is 16.7. The molecule has 0 radical (unpaired) electrons. The summed E-state index contributed by atoms with van der Waals surface area (Å²) in [4.78, 5) is 19.6. The van der Waals surface area contributed by atoms with Crippen LogP contribution >= 0.6 is 0 Å². The number of aliphatic hydroxyl groups excluding tert-OH is 1. The minimum atomic E-state index is -0.822. The van der Waals surface area contributed by atoms with Gasteiger partial charge in [-0.2, -0.15) is 0 Å². The number of aromatic nitrogens is 4. The van der Waals surface area contributed by atoms with Crippen LogP contribution in [-0.2, 0) is 14.2 Å². The molecule has 2 aliphatic rings. The number of nitrogens with zero attached hydrogens (tertiary/aromatic N) is 6. The Morgan fingerprint density at radius 1 is 1.16 bits per heavy atom. The fourth-order valence-corrected chi connectivity index (χ4v) is 4.03. The van der Waals surface area contributed by atoms with E-state index in [1.807, 2.05) is 53.9 Å². The van der Waals surface area contributed by atoms with Gasteiger partial charge in [0.15, 0.2) is 23.3 Å². The Bertz CT molecular complexity index is 1090. The van der Waals surface area contributed by atoms with E-state index in [4.69, 9.17) is 14.2 Å². The van der Waals surface area contributed by atoms with Gasteiger partial charge in [-0.1, -0.05) is 30.3 Å². The zero-order chi connectivity index (χ0) is 22.1. The molecule has 2 aliphatic heterocycles. The molecule has 2 saturated heterocycles. The molecule has 0 saturated carbocycles. The van der Waals surface area contributed by atoms with Crippen LogP contribution in [0.15, 0.2) is 48.0 Å². The first-order chi connectivity index (χ1) is 15.6. The molecule has 3 aromatic rings. The van der Waals surface area contributed by atoms with Crippen LogP contribution in [0.25, 0.3) is 11.2 Å². The van der Waals surface area contributed by atoms with Crippen LogP contribution in [-0.4, -0.2) is 87.9 Å². The van der Waals surface area contributed by atoms with Crippen molar-refractivity contribution in [2.24, 2.45) is 4.99 Å². The second kappa shape index (κ2) is 9.00. The van der Waals surface area contributed by atoms with Crippen LogP contribution in [0.5, 0.6) is 0 Å². The average molecular weight is 438 g/mol. The Kier molecular flexibility index (Phi) is 5.94. The summed E-state index contributed by atoms with van der Waals surface area (Å²) in [5, 5.41) is 11.2. The van der Waals surface area contributed by atoms with Crippen molar-refractivity contribution in [2.75, 3.05) is 33.9 Å². The van der Waals surface area contributed by atoms with Gasteiger partial charge in [0.05, 0.1) is 25.6 Å². The molecule has 10 nitrogen and oxygen atoms in total. The molecule has 168 valence electrons. The summed E-state index contributed by atoms with van der Waals surface area (Å²) in [5.41, 5.74) is 2.07. The summed E-state index contributed by atoms with van der Waals surface area (Å²) in [5.74, 6) is 0.492. The van der Waals surface area contributed by atoms with E-state index < -0.39 is 24.5 Å². The van der Waals surface area contributed by atoms with Gasteiger partial charge in [-0.05, 0) is 14.1 Å². The lowest BCUT2D eigenvalue weighted by Gasteiger charge is -2.45. The number of imidazole rings is 1. The smallest absolute Gasteiger partial charge is 0.184 e. The van der Waals surface area contributed by atoms with Gasteiger partial charge in [0, 0.05) is 18.3 Å². The number of aliphatic imine (C=N–C) groups is 1. The molecule has 10 heteroatoms. The number of rotatable bonds is 5. The van der Waals surface area contributed by atoms with Crippen LogP contribution in [0.1, 0.15) is 17.9 Å². The van der Waals surface area contributed by atoms with Gasteiger partial charge in [0.25, 0.3) is 0 Å². The molecule has 0 aliphatic carbocycles. The van der Waals surface area contributed by atoms with Crippen molar-refractivity contribution in [1.82, 2.24) is 24.4 Å². The number of ether oxygens (including phenoxy) is 3. The zero-order valence-electron chi connectivity index (χ0n) is 18.0. The summed E-state index contributed by atoms with van der Waals surface area (Å²) in [6.07, 6.45) is 2.64. The molecule has 5 atom stereocenters. The van der Waals surface area contributed by atoms with Crippen LogP contribution in [0.2, 0.25) is 0 Å². The fraction of sp³-hybridized carbons (Fsp3) is 0.455. The summed E-state index contributed by atoms with van der Waals surface area (Å²) in [6, 6.07) is 9.27. The largest absolute Gasteiger partial charge is 0.388 e. The Labute approximate surface area is 185 Å². The summed E-state index contributed by atoms with van der Waals surface area (Å²) >= 11 is 0. The Morgan fingerprint density at radius 2 is 2.00 bits per heavy atom. The van der Waals surface area contributed by atoms with Crippen LogP contribution in [0.4, 0.5) is 5.82 Å². The Hall–Kier alpha value is -2.76. The number of fused-ring (bicyclic) bond motifs is 2. The van der Waals surface area contributed by atoms with E-state index in [-0.39, 0.29) is 6.10 Å². The van der Waals surface area contributed by atoms with Gasteiger partial charge in [-0.3, -0.25) is 0 Å². The second-order valence-electron chi connectivity index (χ2n) is 8.20. The van der Waals surface area contributed by atoms with Gasteiger partial charge in [0.2, 0.25) is 0 Å². The topological polar surface area (TPSA) is 107 Å². The molecule has 32 heavy (non-hydrogen) atoms. The Balaban J connectivity index is 1.39. The lowest BCUT2D eigenvalue weighted by atomic mass is 9.97. The van der Waals surface area contributed by atoms with E-state index in [1.54, 1.807) is 12.5 Å². The molecule has 0 bridgehead atoms. The number of hydrogen-bond donors (Lipinski definition) is 1. The first-order valence-electron chi connectivity index (χ1n) is 10.6. The molecular formula is C22H26N6O4. The van der Waals surface area contributed by atoms with E-state index in [9.17, 15) is 5.11 Å². The maximum absolute atomic E-state index is 11.2. The molecular weight excluding hydrogens is 412 g/mol. The molecule has 2 aromatic heterocycles. The predicted molar refractivity (Wildman–Crippen MR) is 117 cm³/mol. The lowest BCUT2D eigenvalue weighted by molar-refractivity contribution is -0.306. The van der Waals surface area contributed by atoms with E-state index in [2.05, 4.69) is 19.9 Å². The third-order valence-corrected chi connectivity index (χ3v) is 5.70. The summed E-state index contributed by atoms with van der Waals surface area (Å²) < 4.78 is 19.8. The molecule has 0 spiro atoms. The van der Waals surface area contributed by atoms with Crippen molar-refractivity contribution in [1.29, 1.82) is 0 Å². The third kappa shape index (κ3) is 4.03. The van der Waals surface area contributed by atoms with Crippen molar-refractivity contribution in [3.8, 4) is 0 Å². The van der Waals surface area contributed by atoms with E-state index in [1.165, 1.54) is 6.33 Å². The summed E-state index contributed by atoms with van der Waals surface area (Å²) in [6.45, 7) is 1.33. The lowest BCUT2D eigenvalue weighted by Crippen LogP contribution is -2.56. The van der Waals surface area contributed by atoms with Crippen molar-refractivity contribution in [3.63, 3.8) is 0 Å². The minimum absolute atomic E-state index is 0.291. The molecule has 2 fully saturated rings. The highest BCUT2D eigenvalue weighted by Crippen LogP contribution is 2.36. The zero-order valence-corrected chi connectivity index (χ0v) is 18.0. The SMILES string of the molecule is CN(C)C/C=N\c1ncnc2c1ncn2C1COC2COC(c3ccccc3)OC2C1O. The molecule has 4 heterocycles. The Morgan fingerprint density at radius 3 is 2.81 bits per heavy atom. The van der Waals surface area contributed by atoms with Gasteiger partial charge < -0.3 is 28.8 Å². The van der Waals surface area contributed by atoms with Crippen molar-refractivity contribution in [2.45, 2.75) is 30.6 Å². The first kappa shape index (κ1) is 21.1. The minimum Gasteiger partial charge on any atom is -0.388 e. The van der Waals surface area contributed by atoms with Gasteiger partial charge in [-0.25, -0.2) is 19.9 Å². The quantitative estimate of drug-likeness (QED) is 0.598. The molecule has 5 unspecified atom stereocenters. The maximum Gasteiger partial charge on any atom is 0.184 e. The highest BCUT2D eigenvalue weighted by Gasteiger charge is 2.46. The standard InChI is InChI=1S/C22H26N6O4/c1-27(2)9-8-23-20-17-21(25-12-24-20)28(13-26-17)15-10-30-16-11-31-22(32-19(16)18(15)29)14-6-4-3-5-7-14/h3-8,12-13,15-16,18-19,22,29H,9-11H2,1-2H3/b23-8-. The second-order valence-corrected chi connectivity index (χ2v) is 8.20. The van der Waals surface area contributed by atoms with Crippen molar-refractivity contribution >= 4 is 23.2 Å². The molecule has 5 rings (SSSR count). The van der Waals surface area contributed by atoms with Crippen LogP contribution in [0.3, 0.4) is 0 Å². The molecule has 1 aromatic carbocycles. The van der Waals surface area contributed by atoms with Crippen LogP contribution < -0.4 is 0 Å². The average Bonchev–Trinajstić information content (AvgIpc) is 3.24.